The number of hydroxylamine groups is 1. The predicted octanol–water partition coefficient (Wildman–Crippen LogP) is 0.508. The average Bonchev–Trinajstić information content (AvgIpc) is 2.01. The highest BCUT2D eigenvalue weighted by atomic mass is 79.9. The van der Waals surface area contributed by atoms with E-state index in [9.17, 15) is 9.59 Å². The van der Waals surface area contributed by atoms with Crippen LogP contribution < -0.4 is 11.2 Å². The van der Waals surface area contributed by atoms with E-state index in [-0.39, 0.29) is 6.61 Å². The molecule has 0 unspecified atom stereocenters. The van der Waals surface area contributed by atoms with Crippen molar-refractivity contribution in [1.82, 2.24) is 5.48 Å². The summed E-state index contributed by atoms with van der Waals surface area (Å²) in [5.74, 6) is 0. The summed E-state index contributed by atoms with van der Waals surface area (Å²) in [6.45, 7) is 0.249. The van der Waals surface area contributed by atoms with Crippen molar-refractivity contribution in [2.45, 2.75) is 6.42 Å². The zero-order valence-electron chi connectivity index (χ0n) is 6.21. The molecule has 0 rings (SSSR count). The number of ether oxygens (including phenoxy) is 1. The Labute approximate surface area is 77.5 Å². The van der Waals surface area contributed by atoms with Crippen LogP contribution in [0.2, 0.25) is 0 Å². The number of primary amides is 1. The van der Waals surface area contributed by atoms with Crippen molar-refractivity contribution < 1.29 is 19.2 Å². The molecule has 6 nitrogen and oxygen atoms in total. The number of carbonyl (C=O) groups is 2. The summed E-state index contributed by atoms with van der Waals surface area (Å²) < 4.78 is 4.52. The van der Waals surface area contributed by atoms with E-state index < -0.39 is 12.2 Å². The van der Waals surface area contributed by atoms with Crippen molar-refractivity contribution in [3.05, 3.63) is 0 Å². The number of halogens is 1. The van der Waals surface area contributed by atoms with Crippen LogP contribution in [0, 0.1) is 0 Å². The zero-order valence-corrected chi connectivity index (χ0v) is 7.80. The maximum Gasteiger partial charge on any atom is 0.440 e. The summed E-state index contributed by atoms with van der Waals surface area (Å²) in [7, 11) is 0. The van der Waals surface area contributed by atoms with E-state index in [2.05, 4.69) is 31.2 Å². The molecule has 0 aromatic carbocycles. The van der Waals surface area contributed by atoms with Gasteiger partial charge in [0.1, 0.15) is 0 Å². The number of carbonyl (C=O) groups excluding carboxylic acids is 2. The van der Waals surface area contributed by atoms with E-state index in [1.165, 1.54) is 0 Å². The van der Waals surface area contributed by atoms with E-state index in [4.69, 9.17) is 0 Å². The van der Waals surface area contributed by atoms with Crippen molar-refractivity contribution in [2.24, 2.45) is 5.73 Å². The Morgan fingerprint density at radius 3 is 2.67 bits per heavy atom. The lowest BCUT2D eigenvalue weighted by Crippen LogP contribution is -2.30. The molecule has 0 heterocycles. The van der Waals surface area contributed by atoms with Crippen LogP contribution >= 0.6 is 15.9 Å². The van der Waals surface area contributed by atoms with E-state index in [1.54, 1.807) is 5.48 Å². The molecule has 2 amide bonds. The maximum absolute atomic E-state index is 10.5. The largest absolute Gasteiger partial charge is 0.447 e. The van der Waals surface area contributed by atoms with Gasteiger partial charge in [-0.15, -0.1) is 5.48 Å². The fraction of sp³-hybridized carbons (Fsp3) is 0.600. The minimum atomic E-state index is -1.09. The molecule has 0 radical (unpaired) electrons. The number of nitrogens with two attached hydrogens (primary N) is 1. The fourth-order valence-corrected chi connectivity index (χ4v) is 0.570. The summed E-state index contributed by atoms with van der Waals surface area (Å²) >= 11 is 3.14. The smallest absolute Gasteiger partial charge is 0.440 e. The highest BCUT2D eigenvalue weighted by Crippen LogP contribution is 1.88. The molecule has 0 saturated heterocycles. The van der Waals surface area contributed by atoms with Gasteiger partial charge in [-0.05, 0) is 6.42 Å². The van der Waals surface area contributed by atoms with Gasteiger partial charge in [0.2, 0.25) is 0 Å². The van der Waals surface area contributed by atoms with Gasteiger partial charge >= 0.3 is 12.2 Å². The van der Waals surface area contributed by atoms with E-state index in [1.807, 2.05) is 0 Å². The van der Waals surface area contributed by atoms with Crippen LogP contribution in [0.5, 0.6) is 0 Å². The summed E-state index contributed by atoms with van der Waals surface area (Å²) in [6, 6.07) is 0. The Hall–Kier alpha value is -0.980. The van der Waals surface area contributed by atoms with Crippen LogP contribution in [-0.4, -0.2) is 24.1 Å². The van der Waals surface area contributed by atoms with Crippen LogP contribution in [0.1, 0.15) is 6.42 Å². The lowest BCUT2D eigenvalue weighted by Gasteiger charge is -2.03. The van der Waals surface area contributed by atoms with Gasteiger partial charge in [-0.3, -0.25) is 0 Å². The number of amides is 2. The fourth-order valence-electron chi connectivity index (χ4n) is 0.341. The summed E-state index contributed by atoms with van der Waals surface area (Å²) in [5, 5.41) is 0.733. The molecular weight excluding hydrogens is 232 g/mol. The number of rotatable bonds is 3. The third kappa shape index (κ3) is 7.13. The van der Waals surface area contributed by atoms with Gasteiger partial charge in [-0.2, -0.15) is 0 Å². The molecule has 0 aliphatic heterocycles. The quantitative estimate of drug-likeness (QED) is 0.427. The van der Waals surface area contributed by atoms with Crippen molar-refractivity contribution in [1.29, 1.82) is 0 Å². The molecule has 0 saturated carbocycles. The maximum atomic E-state index is 10.5. The van der Waals surface area contributed by atoms with Gasteiger partial charge in [-0.1, -0.05) is 15.9 Å². The van der Waals surface area contributed by atoms with Crippen molar-refractivity contribution in [2.75, 3.05) is 11.9 Å². The summed E-state index contributed by atoms with van der Waals surface area (Å²) in [6.07, 6.45) is -1.24. The van der Waals surface area contributed by atoms with Gasteiger partial charge in [0.05, 0.1) is 6.61 Å². The molecular formula is C5H9BrN2O4. The number of hydrogen-bond donors (Lipinski definition) is 2. The topological polar surface area (TPSA) is 90.7 Å². The summed E-state index contributed by atoms with van der Waals surface area (Å²) in [5.41, 5.74) is 6.25. The van der Waals surface area contributed by atoms with Crippen molar-refractivity contribution in [3.8, 4) is 0 Å². The Kier molecular flexibility index (Phi) is 6.16. The monoisotopic (exact) mass is 240 g/mol. The Morgan fingerprint density at radius 2 is 2.17 bits per heavy atom. The molecule has 0 aromatic heterocycles. The van der Waals surface area contributed by atoms with Gasteiger partial charge < -0.3 is 15.3 Å². The number of nitrogens with one attached hydrogen (secondary N) is 1. The molecule has 0 aromatic rings. The minimum absolute atomic E-state index is 0.249. The van der Waals surface area contributed by atoms with Gasteiger partial charge in [0.15, 0.2) is 0 Å². The second-order valence-electron chi connectivity index (χ2n) is 1.70. The predicted molar refractivity (Wildman–Crippen MR) is 43.6 cm³/mol. The molecule has 7 heteroatoms. The minimum Gasteiger partial charge on any atom is -0.447 e. The molecule has 0 atom stereocenters. The second-order valence-corrected chi connectivity index (χ2v) is 2.49. The lowest BCUT2D eigenvalue weighted by molar-refractivity contribution is 0.0683. The molecule has 12 heavy (non-hydrogen) atoms. The molecule has 70 valence electrons. The van der Waals surface area contributed by atoms with Gasteiger partial charge in [0.25, 0.3) is 0 Å². The van der Waals surface area contributed by atoms with Crippen LogP contribution in [0.15, 0.2) is 0 Å². The van der Waals surface area contributed by atoms with Crippen molar-refractivity contribution in [3.63, 3.8) is 0 Å². The molecule has 0 fully saturated rings. The normalized spacial score (nSPS) is 8.75. The molecule has 3 N–H and O–H groups in total. The highest BCUT2D eigenvalue weighted by Gasteiger charge is 2.02. The summed E-state index contributed by atoms with van der Waals surface area (Å²) in [4.78, 5) is 24.4. The first kappa shape index (κ1) is 11.0. The number of alkyl halides is 1. The SMILES string of the molecule is NC(=O)ONC(=O)OCCCBr. The van der Waals surface area contributed by atoms with Crippen LogP contribution in [0.4, 0.5) is 9.59 Å². The van der Waals surface area contributed by atoms with Crippen molar-refractivity contribution >= 4 is 28.1 Å². The Balaban J connectivity index is 3.28. The first-order valence-corrected chi connectivity index (χ1v) is 4.24. The molecule has 0 bridgehead atoms. The zero-order chi connectivity index (χ0) is 9.40. The Bertz CT molecular complexity index is 164. The Morgan fingerprint density at radius 1 is 1.50 bits per heavy atom. The van der Waals surface area contributed by atoms with Crippen LogP contribution in [0.3, 0.4) is 0 Å². The van der Waals surface area contributed by atoms with Crippen LogP contribution in [-0.2, 0) is 9.57 Å². The first-order chi connectivity index (χ1) is 5.66. The van der Waals surface area contributed by atoms with Gasteiger partial charge in [-0.25, -0.2) is 9.59 Å². The third-order valence-electron chi connectivity index (χ3n) is 0.746. The molecule has 0 aliphatic carbocycles. The van der Waals surface area contributed by atoms with Crippen LogP contribution in [0.25, 0.3) is 0 Å². The first-order valence-electron chi connectivity index (χ1n) is 3.12. The number of hydrogen-bond acceptors (Lipinski definition) is 4. The molecule has 0 aliphatic rings. The average molecular weight is 241 g/mol. The van der Waals surface area contributed by atoms with E-state index in [0.717, 1.165) is 5.33 Å². The lowest BCUT2D eigenvalue weighted by atomic mass is 10.5. The van der Waals surface area contributed by atoms with E-state index in [0.29, 0.717) is 6.42 Å². The highest BCUT2D eigenvalue weighted by molar-refractivity contribution is 9.09. The third-order valence-corrected chi connectivity index (χ3v) is 1.31. The van der Waals surface area contributed by atoms with E-state index >= 15 is 0 Å². The standard InChI is InChI=1S/C5H9BrN2O4/c6-2-1-3-11-5(10)8-12-4(7)9/h1-3H2,(H2,7,9)(H,8,10). The van der Waals surface area contributed by atoms with Gasteiger partial charge in [0, 0.05) is 5.33 Å². The second kappa shape index (κ2) is 6.71. The molecule has 0 spiro atoms.